The van der Waals surface area contributed by atoms with Gasteiger partial charge in [0.1, 0.15) is 11.5 Å². The number of ether oxygens (including phenoxy) is 1. The molecule has 1 aromatic heterocycles. The molecule has 2 aliphatic rings. The molecule has 0 spiro atoms. The van der Waals surface area contributed by atoms with Crippen molar-refractivity contribution < 1.29 is 4.74 Å². The summed E-state index contributed by atoms with van der Waals surface area (Å²) in [6.45, 7) is 0. The fourth-order valence-electron chi connectivity index (χ4n) is 3.72. The summed E-state index contributed by atoms with van der Waals surface area (Å²) in [4.78, 5) is 4.34. The average Bonchev–Trinajstić information content (AvgIpc) is 3.11. The molecular weight excluding hydrogens is 260 g/mol. The van der Waals surface area contributed by atoms with Crippen LogP contribution in [-0.2, 0) is 6.42 Å². The van der Waals surface area contributed by atoms with Crippen LogP contribution in [0.1, 0.15) is 24.8 Å². The highest BCUT2D eigenvalue weighted by Gasteiger charge is 2.38. The first-order valence-corrected chi connectivity index (χ1v) is 7.80. The van der Waals surface area contributed by atoms with Gasteiger partial charge < -0.3 is 10.1 Å². The van der Waals surface area contributed by atoms with Crippen molar-refractivity contribution in [2.45, 2.75) is 37.8 Å². The second-order valence-electron chi connectivity index (χ2n) is 6.19. The molecule has 2 fully saturated rings. The zero-order valence-corrected chi connectivity index (χ0v) is 12.0. The lowest BCUT2D eigenvalue weighted by molar-refractivity contribution is 0.403. The third kappa shape index (κ3) is 2.79. The lowest BCUT2D eigenvalue weighted by atomic mass is 9.85. The normalized spacial score (nSPS) is 27.0. The molecule has 0 aliphatic carbocycles. The van der Waals surface area contributed by atoms with Gasteiger partial charge in [-0.3, -0.25) is 4.98 Å². The average molecular weight is 280 g/mol. The van der Waals surface area contributed by atoms with Gasteiger partial charge in [-0.05, 0) is 55.4 Å². The number of benzene rings is 1. The van der Waals surface area contributed by atoms with Gasteiger partial charge >= 0.3 is 0 Å². The summed E-state index contributed by atoms with van der Waals surface area (Å²) in [5.41, 5.74) is 1.28. The number of para-hydroxylation sites is 1. The molecule has 1 N–H and O–H groups in total. The molecule has 4 rings (SSSR count). The van der Waals surface area contributed by atoms with Crippen molar-refractivity contribution in [3.8, 4) is 11.5 Å². The van der Waals surface area contributed by atoms with Gasteiger partial charge in [-0.1, -0.05) is 18.2 Å². The Morgan fingerprint density at radius 3 is 2.76 bits per heavy atom. The number of hydrogen-bond acceptors (Lipinski definition) is 3. The number of hydrogen-bond donors (Lipinski definition) is 1. The van der Waals surface area contributed by atoms with Crippen LogP contribution in [-0.4, -0.2) is 17.1 Å². The van der Waals surface area contributed by atoms with Crippen LogP contribution in [0.2, 0.25) is 0 Å². The number of pyridine rings is 1. The van der Waals surface area contributed by atoms with E-state index in [0.29, 0.717) is 6.04 Å². The number of nitrogens with zero attached hydrogens (tertiary/aromatic N) is 1. The Morgan fingerprint density at radius 2 is 2.00 bits per heavy atom. The largest absolute Gasteiger partial charge is 0.456 e. The molecule has 1 aromatic carbocycles. The van der Waals surface area contributed by atoms with Crippen LogP contribution in [0, 0.1) is 5.92 Å². The molecule has 2 aliphatic heterocycles. The zero-order chi connectivity index (χ0) is 14.1. The fourth-order valence-corrected chi connectivity index (χ4v) is 3.72. The highest BCUT2D eigenvalue weighted by molar-refractivity contribution is 5.31. The maximum atomic E-state index is 5.87. The summed E-state index contributed by atoms with van der Waals surface area (Å²) in [6, 6.07) is 13.5. The fraction of sp³-hybridized carbons (Fsp3) is 0.389. The van der Waals surface area contributed by atoms with Crippen molar-refractivity contribution in [3.05, 3.63) is 54.4 Å². The molecule has 2 saturated heterocycles. The zero-order valence-electron chi connectivity index (χ0n) is 12.0. The smallest absolute Gasteiger partial charge is 0.145 e. The van der Waals surface area contributed by atoms with E-state index in [9.17, 15) is 0 Å². The van der Waals surface area contributed by atoms with Crippen molar-refractivity contribution in [3.63, 3.8) is 0 Å². The summed E-state index contributed by atoms with van der Waals surface area (Å²) in [5, 5.41) is 3.70. The maximum absolute atomic E-state index is 5.87. The van der Waals surface area contributed by atoms with Gasteiger partial charge in [-0.2, -0.15) is 0 Å². The third-order valence-corrected chi connectivity index (χ3v) is 4.68. The Hall–Kier alpha value is -1.87. The summed E-state index contributed by atoms with van der Waals surface area (Å²) in [5.74, 6) is 2.45. The minimum Gasteiger partial charge on any atom is -0.456 e. The summed E-state index contributed by atoms with van der Waals surface area (Å²) in [7, 11) is 0. The molecule has 21 heavy (non-hydrogen) atoms. The van der Waals surface area contributed by atoms with Gasteiger partial charge in [0.05, 0.1) is 6.20 Å². The standard InChI is InChI=1S/C18H20N2O/c1-2-4-16(5-3-1)21-17-9-13(11-19-12-17)8-14-10-15-6-7-18(14)20-15/h1-5,9,11-12,14-15,18,20H,6-8,10H2. The lowest BCUT2D eigenvalue weighted by Gasteiger charge is -2.20. The molecule has 0 radical (unpaired) electrons. The van der Waals surface area contributed by atoms with Crippen molar-refractivity contribution in [2.24, 2.45) is 5.92 Å². The van der Waals surface area contributed by atoms with E-state index < -0.39 is 0 Å². The molecule has 3 heteroatoms. The van der Waals surface area contributed by atoms with Gasteiger partial charge in [0.15, 0.2) is 0 Å². The molecule has 0 amide bonds. The molecule has 0 saturated carbocycles. The van der Waals surface area contributed by atoms with Crippen molar-refractivity contribution in [1.82, 2.24) is 10.3 Å². The minimum atomic E-state index is 0.716. The van der Waals surface area contributed by atoms with E-state index in [1.807, 2.05) is 36.5 Å². The molecule has 3 atom stereocenters. The van der Waals surface area contributed by atoms with Crippen molar-refractivity contribution >= 4 is 0 Å². The molecular formula is C18H20N2O. The number of rotatable bonds is 4. The van der Waals surface area contributed by atoms with Crippen LogP contribution in [0.25, 0.3) is 0 Å². The van der Waals surface area contributed by atoms with Crippen LogP contribution >= 0.6 is 0 Å². The summed E-state index contributed by atoms with van der Waals surface area (Å²) in [6.07, 6.45) is 8.88. The van der Waals surface area contributed by atoms with E-state index >= 15 is 0 Å². The predicted octanol–water partition coefficient (Wildman–Crippen LogP) is 3.56. The van der Waals surface area contributed by atoms with Gasteiger partial charge in [0, 0.05) is 18.3 Å². The molecule has 2 aromatic rings. The first-order chi connectivity index (χ1) is 10.4. The van der Waals surface area contributed by atoms with Gasteiger partial charge in [-0.15, -0.1) is 0 Å². The van der Waals surface area contributed by atoms with Crippen LogP contribution < -0.4 is 10.1 Å². The van der Waals surface area contributed by atoms with Crippen LogP contribution in [0.4, 0.5) is 0 Å². The van der Waals surface area contributed by atoms with Crippen LogP contribution in [0.15, 0.2) is 48.8 Å². The van der Waals surface area contributed by atoms with E-state index in [1.165, 1.54) is 24.8 Å². The monoisotopic (exact) mass is 280 g/mol. The van der Waals surface area contributed by atoms with E-state index in [1.54, 1.807) is 6.20 Å². The Kier molecular flexibility index (Phi) is 3.36. The van der Waals surface area contributed by atoms with E-state index in [4.69, 9.17) is 4.74 Å². The van der Waals surface area contributed by atoms with Crippen molar-refractivity contribution in [2.75, 3.05) is 0 Å². The number of fused-ring (bicyclic) bond motifs is 2. The Balaban J connectivity index is 1.46. The van der Waals surface area contributed by atoms with E-state index in [2.05, 4.69) is 16.4 Å². The molecule has 3 heterocycles. The minimum absolute atomic E-state index is 0.716. The van der Waals surface area contributed by atoms with Gasteiger partial charge in [0.2, 0.25) is 0 Å². The highest BCUT2D eigenvalue weighted by Crippen LogP contribution is 2.35. The first kappa shape index (κ1) is 12.8. The summed E-state index contributed by atoms with van der Waals surface area (Å²) >= 11 is 0. The van der Waals surface area contributed by atoms with E-state index in [-0.39, 0.29) is 0 Å². The Labute approximate surface area is 125 Å². The Bertz CT molecular complexity index is 614. The maximum Gasteiger partial charge on any atom is 0.145 e. The third-order valence-electron chi connectivity index (χ3n) is 4.68. The quantitative estimate of drug-likeness (QED) is 0.930. The Morgan fingerprint density at radius 1 is 1.10 bits per heavy atom. The number of nitrogens with one attached hydrogen (secondary N) is 1. The second-order valence-corrected chi connectivity index (χ2v) is 6.19. The van der Waals surface area contributed by atoms with Crippen LogP contribution in [0.5, 0.6) is 11.5 Å². The second kappa shape index (κ2) is 5.49. The molecule has 3 nitrogen and oxygen atoms in total. The molecule has 108 valence electrons. The topological polar surface area (TPSA) is 34.1 Å². The lowest BCUT2D eigenvalue weighted by Crippen LogP contribution is -2.24. The highest BCUT2D eigenvalue weighted by atomic mass is 16.5. The molecule has 3 unspecified atom stereocenters. The van der Waals surface area contributed by atoms with Crippen LogP contribution in [0.3, 0.4) is 0 Å². The van der Waals surface area contributed by atoms with E-state index in [0.717, 1.165) is 29.9 Å². The molecule has 2 bridgehead atoms. The predicted molar refractivity (Wildman–Crippen MR) is 82.5 cm³/mol. The first-order valence-electron chi connectivity index (χ1n) is 7.80. The van der Waals surface area contributed by atoms with Gasteiger partial charge in [-0.25, -0.2) is 0 Å². The summed E-state index contributed by atoms with van der Waals surface area (Å²) < 4.78 is 5.87. The SMILES string of the molecule is c1ccc(Oc2cncc(CC3CC4CCC3N4)c2)cc1. The van der Waals surface area contributed by atoms with Crippen molar-refractivity contribution in [1.29, 1.82) is 0 Å². The number of aromatic nitrogens is 1. The van der Waals surface area contributed by atoms with Gasteiger partial charge in [0.25, 0.3) is 0 Å².